The van der Waals surface area contributed by atoms with Crippen molar-refractivity contribution in [3.63, 3.8) is 0 Å². The number of thiophene rings is 1. The third-order valence-corrected chi connectivity index (χ3v) is 11.5. The van der Waals surface area contributed by atoms with Crippen LogP contribution in [0, 0.1) is 0 Å². The number of alkyl halides is 3. The number of carbonyl (C=O) groups is 1. The first-order valence-electron chi connectivity index (χ1n) is 16.3. The van der Waals surface area contributed by atoms with E-state index in [4.69, 9.17) is 18.9 Å². The zero-order valence-corrected chi connectivity index (χ0v) is 29.5. The average molecular weight is 758 g/mol. The Balaban J connectivity index is 0.941. The minimum atomic E-state index is -4.39. The average Bonchev–Trinajstić information content (AvgIpc) is 3.90. The number of carbonyl (C=O) groups excluding carboxylic acids is 1. The summed E-state index contributed by atoms with van der Waals surface area (Å²) in [7, 11) is -2.09. The van der Waals surface area contributed by atoms with Crippen LogP contribution in [0.1, 0.15) is 27.9 Å². The molecule has 52 heavy (non-hydrogen) atoms. The number of piperazine rings is 1. The summed E-state index contributed by atoms with van der Waals surface area (Å²) in [5, 5.41) is 2.53. The second kappa shape index (κ2) is 14.7. The lowest BCUT2D eigenvalue weighted by atomic mass is 10.2. The van der Waals surface area contributed by atoms with E-state index in [9.17, 15) is 26.4 Å². The summed E-state index contributed by atoms with van der Waals surface area (Å²) in [5.41, 5.74) is 2.97. The van der Waals surface area contributed by atoms with Crippen molar-refractivity contribution in [2.75, 3.05) is 50.7 Å². The Morgan fingerprint density at radius 1 is 0.981 bits per heavy atom. The fourth-order valence-corrected chi connectivity index (χ4v) is 8.46. The number of aryl methyl sites for hydroxylation is 1. The van der Waals surface area contributed by atoms with E-state index in [0.717, 1.165) is 27.8 Å². The first-order chi connectivity index (χ1) is 24.9. The summed E-state index contributed by atoms with van der Waals surface area (Å²) in [6, 6.07) is 18.6. The van der Waals surface area contributed by atoms with Crippen LogP contribution in [0.5, 0.6) is 17.4 Å². The number of aromatic nitrogens is 2. The molecule has 0 saturated carbocycles. The number of nitrogens with zero attached hydrogens (tertiary/aromatic N) is 4. The minimum Gasteiger partial charge on any atom is -0.484 e. The number of fused-ring (bicyclic) bond motifs is 1. The van der Waals surface area contributed by atoms with Gasteiger partial charge in [0.2, 0.25) is 5.88 Å². The van der Waals surface area contributed by atoms with Crippen molar-refractivity contribution in [3.8, 4) is 17.4 Å². The second-order valence-corrected chi connectivity index (χ2v) is 15.0. The zero-order valence-electron chi connectivity index (χ0n) is 27.8. The molecule has 5 heterocycles. The molecule has 17 heteroatoms. The van der Waals surface area contributed by atoms with Crippen LogP contribution in [0.25, 0.3) is 10.9 Å². The van der Waals surface area contributed by atoms with Gasteiger partial charge in [0.1, 0.15) is 21.4 Å². The van der Waals surface area contributed by atoms with Crippen molar-refractivity contribution in [3.05, 3.63) is 95.1 Å². The number of amides is 1. The van der Waals surface area contributed by atoms with E-state index in [0.29, 0.717) is 62.9 Å². The molecule has 3 aromatic heterocycles. The predicted molar refractivity (Wildman–Crippen MR) is 186 cm³/mol. The minimum absolute atomic E-state index is 0.0929. The predicted octanol–water partition coefficient (Wildman–Crippen LogP) is 6.17. The van der Waals surface area contributed by atoms with Gasteiger partial charge in [-0.1, -0.05) is 12.1 Å². The maximum atomic E-state index is 13.6. The normalized spacial score (nSPS) is 16.0. The molecule has 12 nitrogen and oxygen atoms in total. The van der Waals surface area contributed by atoms with Gasteiger partial charge in [-0.15, -0.1) is 11.3 Å². The molecule has 0 radical (unpaired) electrons. The number of rotatable bonds is 11. The van der Waals surface area contributed by atoms with Gasteiger partial charge in [-0.3, -0.25) is 14.4 Å². The van der Waals surface area contributed by atoms with Crippen molar-refractivity contribution in [2.45, 2.75) is 23.2 Å². The maximum absolute atomic E-state index is 13.6. The number of ether oxygens (including phenoxy) is 4. The molecule has 2 aliphatic rings. The lowest BCUT2D eigenvalue weighted by molar-refractivity contribution is -0.153. The molecule has 2 aliphatic heterocycles. The molecule has 1 N–H and O–H groups in total. The molecular formula is C35H34F3N5O7S2. The molecule has 0 unspecified atom stereocenters. The van der Waals surface area contributed by atoms with Crippen LogP contribution < -0.4 is 14.2 Å². The van der Waals surface area contributed by atoms with E-state index in [2.05, 4.69) is 14.6 Å². The highest BCUT2D eigenvalue weighted by molar-refractivity contribution is 7.94. The number of anilines is 1. The summed E-state index contributed by atoms with van der Waals surface area (Å²) in [6.45, 7) is 2.41. The van der Waals surface area contributed by atoms with Gasteiger partial charge in [0.25, 0.3) is 15.9 Å². The third kappa shape index (κ3) is 8.18. The largest absolute Gasteiger partial charge is 0.484 e. The van der Waals surface area contributed by atoms with Gasteiger partial charge in [0, 0.05) is 62.9 Å². The molecule has 7 rings (SSSR count). The van der Waals surface area contributed by atoms with Gasteiger partial charge in [-0.05, 0) is 53.4 Å². The smallest absolute Gasteiger partial charge is 0.422 e. The first-order valence-corrected chi connectivity index (χ1v) is 18.6. The number of sulfonamides is 1. The molecule has 274 valence electrons. The quantitative estimate of drug-likeness (QED) is 0.169. The van der Waals surface area contributed by atoms with Gasteiger partial charge in [-0.25, -0.2) is 13.4 Å². The Morgan fingerprint density at radius 2 is 1.71 bits per heavy atom. The van der Waals surface area contributed by atoms with E-state index in [1.165, 1.54) is 18.3 Å². The van der Waals surface area contributed by atoms with Gasteiger partial charge in [0.15, 0.2) is 12.9 Å². The van der Waals surface area contributed by atoms with E-state index in [-0.39, 0.29) is 27.4 Å². The summed E-state index contributed by atoms with van der Waals surface area (Å²) in [5.74, 6) is 0.807. The van der Waals surface area contributed by atoms with Crippen LogP contribution in [0.15, 0.2) is 82.5 Å². The molecular weight excluding hydrogens is 724 g/mol. The van der Waals surface area contributed by atoms with E-state index in [1.807, 2.05) is 34.7 Å². The molecule has 0 atom stereocenters. The molecule has 2 saturated heterocycles. The molecule has 2 aromatic carbocycles. The molecule has 5 aromatic rings. The lowest BCUT2D eigenvalue weighted by Gasteiger charge is -2.34. The molecule has 0 spiro atoms. The zero-order chi connectivity index (χ0) is 36.5. The third-order valence-electron chi connectivity index (χ3n) is 8.62. The van der Waals surface area contributed by atoms with E-state index in [1.54, 1.807) is 41.8 Å². The van der Waals surface area contributed by atoms with Crippen molar-refractivity contribution >= 4 is 43.9 Å². The molecule has 1 amide bonds. The maximum Gasteiger partial charge on any atom is 0.422 e. The van der Waals surface area contributed by atoms with Crippen molar-refractivity contribution in [2.24, 2.45) is 7.05 Å². The summed E-state index contributed by atoms with van der Waals surface area (Å²) < 4.78 is 89.7. The lowest BCUT2D eigenvalue weighted by Crippen LogP contribution is -2.48. The van der Waals surface area contributed by atoms with E-state index < -0.39 is 29.1 Å². The number of pyridine rings is 1. The Kier molecular flexibility index (Phi) is 10.1. The van der Waals surface area contributed by atoms with Crippen LogP contribution in [0.4, 0.5) is 18.9 Å². The van der Waals surface area contributed by atoms with Crippen molar-refractivity contribution in [1.29, 1.82) is 0 Å². The van der Waals surface area contributed by atoms with Crippen LogP contribution in [-0.2, 0) is 33.1 Å². The first kappa shape index (κ1) is 35.7. The fraction of sp³-hybridized carbons (Fsp3) is 0.314. The number of halogens is 3. The highest BCUT2D eigenvalue weighted by atomic mass is 32.2. The SMILES string of the molecule is Cn1c(C(=O)N2CCN(Cc3ccc(OCC(F)(F)F)cc3)CC2)cc2ccc(Oc3ccc(NS(=O)(=O)c4sccc4C4OCCO4)cn3)cc21. The molecule has 2 fully saturated rings. The van der Waals surface area contributed by atoms with Gasteiger partial charge in [0.05, 0.1) is 30.6 Å². The number of nitrogens with one attached hydrogen (secondary N) is 1. The Labute approximate surface area is 301 Å². The molecule has 0 aliphatic carbocycles. The summed E-state index contributed by atoms with van der Waals surface area (Å²) in [6.07, 6.45) is -3.74. The number of hydrogen-bond acceptors (Lipinski definition) is 10. The van der Waals surface area contributed by atoms with Gasteiger partial charge >= 0.3 is 6.18 Å². The Bertz CT molecular complexity index is 2140. The van der Waals surface area contributed by atoms with Crippen LogP contribution in [0.3, 0.4) is 0 Å². The topological polar surface area (TPSA) is 124 Å². The highest BCUT2D eigenvalue weighted by Gasteiger charge is 2.30. The van der Waals surface area contributed by atoms with Crippen LogP contribution in [-0.4, -0.2) is 85.9 Å². The standard InChI is InChI=1S/C35H34F3N5O7S2/c1-41-29-19-27(50-31-9-5-25(20-39-31)40-52(45,46)34-28(10-17-51-34)33-47-15-16-48-33)8-4-24(29)18-30(41)32(44)43-13-11-42(12-14-43)21-23-2-6-26(7-3-23)49-22-35(36,37)38/h2-10,17-20,33,40H,11-16,21-22H2,1H3. The number of hydrogen-bond donors (Lipinski definition) is 1. The van der Waals surface area contributed by atoms with Crippen LogP contribution in [0.2, 0.25) is 0 Å². The summed E-state index contributed by atoms with van der Waals surface area (Å²) in [4.78, 5) is 21.9. The van der Waals surface area contributed by atoms with E-state index >= 15 is 0 Å². The number of benzene rings is 2. The van der Waals surface area contributed by atoms with Crippen molar-refractivity contribution in [1.82, 2.24) is 19.4 Å². The van der Waals surface area contributed by atoms with Gasteiger partial charge in [-0.2, -0.15) is 13.2 Å². The fourth-order valence-electron chi connectivity index (χ4n) is 6.02. The van der Waals surface area contributed by atoms with Crippen molar-refractivity contribution < 1.29 is 45.3 Å². The second-order valence-electron chi connectivity index (χ2n) is 12.3. The highest BCUT2D eigenvalue weighted by Crippen LogP contribution is 2.34. The van der Waals surface area contributed by atoms with Gasteiger partial charge < -0.3 is 28.4 Å². The Hall–Kier alpha value is -4.68. The molecule has 0 bridgehead atoms. The van der Waals surface area contributed by atoms with Crippen LogP contribution >= 0.6 is 11.3 Å². The summed E-state index contributed by atoms with van der Waals surface area (Å²) >= 11 is 1.07. The monoisotopic (exact) mass is 757 g/mol. The Morgan fingerprint density at radius 3 is 2.40 bits per heavy atom.